The maximum Gasteiger partial charge on any atom is 0.252 e. The van der Waals surface area contributed by atoms with E-state index >= 15 is 0 Å². The van der Waals surface area contributed by atoms with Crippen molar-refractivity contribution in [3.8, 4) is 11.1 Å². The number of benzene rings is 1. The van der Waals surface area contributed by atoms with E-state index in [9.17, 15) is 4.79 Å². The lowest BCUT2D eigenvalue weighted by Gasteiger charge is -2.31. The van der Waals surface area contributed by atoms with Crippen LogP contribution in [0.5, 0.6) is 0 Å². The summed E-state index contributed by atoms with van der Waals surface area (Å²) >= 11 is 1.89. The first-order chi connectivity index (χ1) is 13.3. The summed E-state index contributed by atoms with van der Waals surface area (Å²) in [5.41, 5.74) is 3.66. The summed E-state index contributed by atoms with van der Waals surface area (Å²) < 4.78 is 0. The van der Waals surface area contributed by atoms with Crippen molar-refractivity contribution in [3.63, 3.8) is 0 Å². The predicted octanol–water partition coefficient (Wildman–Crippen LogP) is 4.95. The van der Waals surface area contributed by atoms with Gasteiger partial charge in [-0.3, -0.25) is 9.69 Å². The highest BCUT2D eigenvalue weighted by molar-refractivity contribution is 7.10. The van der Waals surface area contributed by atoms with Crippen LogP contribution in [-0.4, -0.2) is 23.0 Å². The van der Waals surface area contributed by atoms with Crippen molar-refractivity contribution in [2.45, 2.75) is 32.2 Å². The van der Waals surface area contributed by atoms with E-state index in [0.717, 1.165) is 31.1 Å². The quantitative estimate of drug-likeness (QED) is 0.659. The first-order valence-corrected chi connectivity index (χ1v) is 10.7. The average Bonchev–Trinajstić information content (AvgIpc) is 3.18. The third-order valence-electron chi connectivity index (χ3n) is 5.61. The summed E-state index contributed by atoms with van der Waals surface area (Å²) in [5.74, 6) is 0.793. The molecule has 1 N–H and O–H groups in total. The number of pyridine rings is 1. The minimum atomic E-state index is 0.0470. The highest BCUT2D eigenvalue weighted by Gasteiger charge is 2.20. The second-order valence-corrected chi connectivity index (χ2v) is 8.41. The van der Waals surface area contributed by atoms with E-state index in [1.807, 2.05) is 23.5 Å². The molecule has 3 aromatic rings. The molecule has 0 atom stereocenters. The number of likely N-dealkylation sites (tertiary alicyclic amines) is 1. The van der Waals surface area contributed by atoms with Gasteiger partial charge in [0.15, 0.2) is 0 Å². The van der Waals surface area contributed by atoms with Crippen LogP contribution in [-0.2, 0) is 13.0 Å². The van der Waals surface area contributed by atoms with Crippen LogP contribution in [0.3, 0.4) is 0 Å². The summed E-state index contributed by atoms with van der Waals surface area (Å²) in [6, 6.07) is 16.8. The van der Waals surface area contributed by atoms with Gasteiger partial charge in [0.25, 0.3) is 5.56 Å². The van der Waals surface area contributed by atoms with Gasteiger partial charge in [-0.2, -0.15) is 0 Å². The number of aromatic nitrogens is 1. The fraction of sp³-hybridized carbons (Fsp3) is 0.348. The molecule has 140 valence electrons. The highest BCUT2D eigenvalue weighted by atomic mass is 32.1. The Bertz CT molecular complexity index is 907. The number of nitrogens with one attached hydrogen (secondary N) is 1. The van der Waals surface area contributed by atoms with Gasteiger partial charge in [0.1, 0.15) is 0 Å². The van der Waals surface area contributed by atoms with Crippen molar-refractivity contribution in [2.24, 2.45) is 5.92 Å². The minimum Gasteiger partial charge on any atom is -0.329 e. The largest absolute Gasteiger partial charge is 0.329 e. The molecule has 0 unspecified atom stereocenters. The standard InChI is InChI=1S/C23H26N2OS/c26-23-20(7-4-13-24-23)17-25-14-10-18(11-15-25)8-9-22-21(12-16-27-22)19-5-2-1-3-6-19/h1-7,12-13,16,18H,8-11,14-15,17H2,(H,24,26). The Balaban J connectivity index is 1.29. The number of hydrogen-bond donors (Lipinski definition) is 1. The molecule has 4 rings (SSSR count). The number of aryl methyl sites for hydroxylation is 1. The van der Waals surface area contributed by atoms with E-state index < -0.39 is 0 Å². The van der Waals surface area contributed by atoms with Crippen molar-refractivity contribution < 1.29 is 0 Å². The normalized spacial score (nSPS) is 15.9. The van der Waals surface area contributed by atoms with Crippen molar-refractivity contribution in [2.75, 3.05) is 13.1 Å². The first kappa shape index (κ1) is 18.2. The Hall–Kier alpha value is -2.17. The lowest BCUT2D eigenvalue weighted by Crippen LogP contribution is -2.34. The molecular weight excluding hydrogens is 352 g/mol. The van der Waals surface area contributed by atoms with Gasteiger partial charge in [0, 0.05) is 23.2 Å². The monoisotopic (exact) mass is 378 g/mol. The minimum absolute atomic E-state index is 0.0470. The van der Waals surface area contributed by atoms with Crippen LogP contribution in [0, 0.1) is 5.92 Å². The molecule has 1 aliphatic rings. The number of H-pyrrole nitrogens is 1. The van der Waals surface area contributed by atoms with Gasteiger partial charge in [-0.25, -0.2) is 0 Å². The van der Waals surface area contributed by atoms with Gasteiger partial charge in [-0.15, -0.1) is 11.3 Å². The number of piperidine rings is 1. The molecule has 3 nitrogen and oxygen atoms in total. The first-order valence-electron chi connectivity index (χ1n) is 9.80. The second-order valence-electron chi connectivity index (χ2n) is 7.41. The van der Waals surface area contributed by atoms with E-state index in [1.54, 1.807) is 6.20 Å². The van der Waals surface area contributed by atoms with E-state index in [4.69, 9.17) is 0 Å². The molecule has 4 heteroatoms. The number of thiophene rings is 1. The van der Waals surface area contributed by atoms with Gasteiger partial charge in [-0.05, 0) is 73.3 Å². The van der Waals surface area contributed by atoms with Gasteiger partial charge in [0.2, 0.25) is 0 Å². The molecule has 3 heterocycles. The number of rotatable bonds is 6. The highest BCUT2D eigenvalue weighted by Crippen LogP contribution is 2.31. The summed E-state index contributed by atoms with van der Waals surface area (Å²) in [6.45, 7) is 2.95. The van der Waals surface area contributed by atoms with Crippen LogP contribution in [0.4, 0.5) is 0 Å². The second kappa shape index (κ2) is 8.68. The Morgan fingerprint density at radius 3 is 2.63 bits per heavy atom. The van der Waals surface area contributed by atoms with Crippen LogP contribution in [0.1, 0.15) is 29.7 Å². The molecule has 0 amide bonds. The molecule has 0 bridgehead atoms. The van der Waals surface area contributed by atoms with Crippen molar-refractivity contribution in [1.29, 1.82) is 0 Å². The molecule has 0 saturated carbocycles. The van der Waals surface area contributed by atoms with Gasteiger partial charge in [-0.1, -0.05) is 36.4 Å². The zero-order valence-electron chi connectivity index (χ0n) is 15.6. The molecule has 0 spiro atoms. The lowest BCUT2D eigenvalue weighted by molar-refractivity contribution is 0.172. The fourth-order valence-electron chi connectivity index (χ4n) is 4.00. The summed E-state index contributed by atoms with van der Waals surface area (Å²) in [6.07, 6.45) is 6.60. The van der Waals surface area contributed by atoms with Crippen molar-refractivity contribution in [1.82, 2.24) is 9.88 Å². The predicted molar refractivity (Wildman–Crippen MR) is 113 cm³/mol. The van der Waals surface area contributed by atoms with Crippen LogP contribution in [0.2, 0.25) is 0 Å². The zero-order valence-corrected chi connectivity index (χ0v) is 16.4. The molecule has 1 saturated heterocycles. The summed E-state index contributed by atoms with van der Waals surface area (Å²) in [5, 5.41) is 2.22. The number of hydrogen-bond acceptors (Lipinski definition) is 3. The molecule has 27 heavy (non-hydrogen) atoms. The molecule has 0 aliphatic carbocycles. The smallest absolute Gasteiger partial charge is 0.252 e. The molecule has 1 aromatic carbocycles. The third kappa shape index (κ3) is 4.57. The molecule has 2 aromatic heterocycles. The Morgan fingerprint density at radius 2 is 1.85 bits per heavy atom. The van der Waals surface area contributed by atoms with E-state index in [1.165, 1.54) is 41.7 Å². The van der Waals surface area contributed by atoms with E-state index in [0.29, 0.717) is 0 Å². The lowest BCUT2D eigenvalue weighted by atomic mass is 9.91. The topological polar surface area (TPSA) is 36.1 Å². The molecule has 1 fully saturated rings. The van der Waals surface area contributed by atoms with E-state index in [-0.39, 0.29) is 5.56 Å². The Morgan fingerprint density at radius 1 is 1.04 bits per heavy atom. The van der Waals surface area contributed by atoms with Crippen molar-refractivity contribution in [3.05, 3.63) is 80.9 Å². The Labute approximate surface area is 164 Å². The molecule has 0 radical (unpaired) electrons. The van der Waals surface area contributed by atoms with Crippen molar-refractivity contribution >= 4 is 11.3 Å². The SMILES string of the molecule is O=c1[nH]cccc1CN1CCC(CCc2sccc2-c2ccccc2)CC1. The third-order valence-corrected chi connectivity index (χ3v) is 6.59. The van der Waals surface area contributed by atoms with Gasteiger partial charge < -0.3 is 4.98 Å². The average molecular weight is 379 g/mol. The van der Waals surface area contributed by atoms with Crippen LogP contribution in [0.25, 0.3) is 11.1 Å². The number of nitrogens with zero attached hydrogens (tertiary/aromatic N) is 1. The van der Waals surface area contributed by atoms with Gasteiger partial charge in [0.05, 0.1) is 0 Å². The molecule has 1 aliphatic heterocycles. The Kier molecular flexibility index (Phi) is 5.85. The maximum atomic E-state index is 11.9. The molecular formula is C23H26N2OS. The zero-order chi connectivity index (χ0) is 18.5. The summed E-state index contributed by atoms with van der Waals surface area (Å²) in [7, 11) is 0. The van der Waals surface area contributed by atoms with Crippen LogP contribution < -0.4 is 5.56 Å². The number of aromatic amines is 1. The van der Waals surface area contributed by atoms with Crippen LogP contribution >= 0.6 is 11.3 Å². The fourth-order valence-corrected chi connectivity index (χ4v) is 4.92. The van der Waals surface area contributed by atoms with E-state index in [2.05, 4.69) is 51.7 Å². The maximum absolute atomic E-state index is 11.9. The van der Waals surface area contributed by atoms with Gasteiger partial charge >= 0.3 is 0 Å². The van der Waals surface area contributed by atoms with Crippen LogP contribution in [0.15, 0.2) is 64.9 Å². The summed E-state index contributed by atoms with van der Waals surface area (Å²) in [4.78, 5) is 18.6.